The van der Waals surface area contributed by atoms with Crippen molar-refractivity contribution in [2.45, 2.75) is 6.54 Å². The van der Waals surface area contributed by atoms with Gasteiger partial charge in [-0.3, -0.25) is 4.79 Å². The Bertz CT molecular complexity index is 644. The molecule has 2 rings (SSSR count). The zero-order valence-corrected chi connectivity index (χ0v) is 11.0. The molecule has 1 amide bonds. The van der Waals surface area contributed by atoms with Gasteiger partial charge >= 0.3 is 5.97 Å². The molecule has 1 heterocycles. The highest BCUT2D eigenvalue weighted by Gasteiger charge is 2.08. The summed E-state index contributed by atoms with van der Waals surface area (Å²) in [6.07, 6.45) is 2.55. The average molecular weight is 292 g/mol. The van der Waals surface area contributed by atoms with E-state index in [0.717, 1.165) is 0 Å². The molecular weight excluding hydrogens is 282 g/mol. The van der Waals surface area contributed by atoms with Gasteiger partial charge in [0.15, 0.2) is 0 Å². The van der Waals surface area contributed by atoms with Crippen LogP contribution < -0.4 is 5.32 Å². The van der Waals surface area contributed by atoms with Crippen LogP contribution in [0, 0.1) is 0 Å². The molecule has 0 aliphatic rings. The van der Waals surface area contributed by atoms with Crippen LogP contribution in [0.25, 0.3) is 0 Å². The van der Waals surface area contributed by atoms with Gasteiger partial charge in [-0.05, 0) is 17.7 Å². The first-order chi connectivity index (χ1) is 9.56. The molecule has 6 nitrogen and oxygen atoms in total. The van der Waals surface area contributed by atoms with Crippen molar-refractivity contribution in [3.05, 3.63) is 58.6 Å². The highest BCUT2D eigenvalue weighted by molar-refractivity contribution is 6.29. The van der Waals surface area contributed by atoms with Crippen molar-refractivity contribution < 1.29 is 14.7 Å². The van der Waals surface area contributed by atoms with Gasteiger partial charge in [-0.15, -0.1) is 0 Å². The molecule has 0 atom stereocenters. The van der Waals surface area contributed by atoms with Gasteiger partial charge in [0.05, 0.1) is 18.0 Å². The van der Waals surface area contributed by atoms with Crippen LogP contribution in [0.2, 0.25) is 5.15 Å². The third-order valence-corrected chi connectivity index (χ3v) is 2.68. The first kappa shape index (κ1) is 14.0. The number of halogens is 1. The maximum absolute atomic E-state index is 11.8. The molecule has 0 aliphatic carbocycles. The summed E-state index contributed by atoms with van der Waals surface area (Å²) < 4.78 is 0. The van der Waals surface area contributed by atoms with Gasteiger partial charge in [0.25, 0.3) is 5.91 Å². The van der Waals surface area contributed by atoms with Crippen LogP contribution in [0.3, 0.4) is 0 Å². The van der Waals surface area contributed by atoms with Crippen molar-refractivity contribution in [2.75, 3.05) is 0 Å². The topological polar surface area (TPSA) is 92.2 Å². The van der Waals surface area contributed by atoms with E-state index in [-0.39, 0.29) is 23.0 Å². The van der Waals surface area contributed by atoms with Gasteiger partial charge in [-0.25, -0.2) is 14.8 Å². The van der Waals surface area contributed by atoms with E-state index in [9.17, 15) is 9.59 Å². The molecule has 0 bridgehead atoms. The Morgan fingerprint density at radius 3 is 2.70 bits per heavy atom. The summed E-state index contributed by atoms with van der Waals surface area (Å²) in [4.78, 5) is 30.2. The minimum Gasteiger partial charge on any atom is -0.478 e. The maximum Gasteiger partial charge on any atom is 0.335 e. The van der Waals surface area contributed by atoms with E-state index < -0.39 is 11.9 Å². The average Bonchev–Trinajstić information content (AvgIpc) is 2.46. The minimum absolute atomic E-state index is 0.142. The first-order valence-electron chi connectivity index (χ1n) is 5.64. The molecule has 0 fully saturated rings. The normalized spacial score (nSPS) is 10.1. The van der Waals surface area contributed by atoms with Crippen molar-refractivity contribution in [1.82, 2.24) is 15.3 Å². The number of benzene rings is 1. The summed E-state index contributed by atoms with van der Waals surface area (Å²) >= 11 is 5.58. The molecule has 102 valence electrons. The number of rotatable bonds is 4. The second-order valence-electron chi connectivity index (χ2n) is 3.91. The van der Waals surface area contributed by atoms with Crippen LogP contribution in [0.1, 0.15) is 26.4 Å². The molecular formula is C13H10ClN3O3. The number of hydrogen-bond acceptors (Lipinski definition) is 4. The van der Waals surface area contributed by atoms with E-state index in [2.05, 4.69) is 15.3 Å². The van der Waals surface area contributed by atoms with Crippen LogP contribution in [0.15, 0.2) is 36.7 Å². The van der Waals surface area contributed by atoms with Crippen molar-refractivity contribution in [2.24, 2.45) is 0 Å². The lowest BCUT2D eigenvalue weighted by molar-refractivity contribution is 0.0696. The Labute approximate surface area is 119 Å². The molecule has 1 aromatic heterocycles. The van der Waals surface area contributed by atoms with Gasteiger partial charge in [0, 0.05) is 6.54 Å². The fraction of sp³-hybridized carbons (Fsp3) is 0.0769. The van der Waals surface area contributed by atoms with Crippen LogP contribution in [0.5, 0.6) is 0 Å². The lowest BCUT2D eigenvalue weighted by Gasteiger charge is -2.05. The van der Waals surface area contributed by atoms with E-state index in [1.165, 1.54) is 24.5 Å². The maximum atomic E-state index is 11.8. The molecule has 0 spiro atoms. The largest absolute Gasteiger partial charge is 0.478 e. The van der Waals surface area contributed by atoms with Crippen molar-refractivity contribution in [1.29, 1.82) is 0 Å². The third kappa shape index (κ3) is 3.52. The van der Waals surface area contributed by atoms with E-state index in [1.807, 2.05) is 0 Å². The summed E-state index contributed by atoms with van der Waals surface area (Å²) in [6, 6.07) is 6.32. The van der Waals surface area contributed by atoms with Crippen molar-refractivity contribution in [3.63, 3.8) is 0 Å². The molecule has 7 heteroatoms. The molecule has 0 radical (unpaired) electrons. The number of aromatic carboxylic acids is 1. The third-order valence-electron chi connectivity index (χ3n) is 2.48. The predicted molar refractivity (Wildman–Crippen MR) is 71.6 cm³/mol. The Kier molecular flexibility index (Phi) is 4.27. The standard InChI is InChI=1S/C13H10ClN3O3/c14-11-7-15-10(6-16-11)12(18)17-5-8-2-1-3-9(4-8)13(19)20/h1-4,6-7H,5H2,(H,17,18)(H,19,20). The number of amides is 1. The summed E-state index contributed by atoms with van der Waals surface area (Å²) in [5.41, 5.74) is 0.993. The molecule has 0 aliphatic heterocycles. The number of carboxylic acid groups (broad SMARTS) is 1. The van der Waals surface area contributed by atoms with E-state index in [4.69, 9.17) is 16.7 Å². The zero-order chi connectivity index (χ0) is 14.5. The van der Waals surface area contributed by atoms with E-state index in [0.29, 0.717) is 5.56 Å². The molecule has 0 unspecified atom stereocenters. The smallest absolute Gasteiger partial charge is 0.335 e. The number of carboxylic acids is 1. The van der Waals surface area contributed by atoms with Crippen LogP contribution in [-0.2, 0) is 6.54 Å². The van der Waals surface area contributed by atoms with Gasteiger partial charge in [0.1, 0.15) is 10.8 Å². The number of carbonyl (C=O) groups is 2. The van der Waals surface area contributed by atoms with Gasteiger partial charge < -0.3 is 10.4 Å². The first-order valence-corrected chi connectivity index (χ1v) is 6.02. The lowest BCUT2D eigenvalue weighted by atomic mass is 10.1. The van der Waals surface area contributed by atoms with Gasteiger partial charge in [-0.1, -0.05) is 23.7 Å². The van der Waals surface area contributed by atoms with E-state index in [1.54, 1.807) is 12.1 Å². The quantitative estimate of drug-likeness (QED) is 0.895. The van der Waals surface area contributed by atoms with E-state index >= 15 is 0 Å². The molecule has 0 saturated carbocycles. The number of hydrogen-bond donors (Lipinski definition) is 2. The summed E-state index contributed by atoms with van der Waals surface area (Å²) in [5.74, 6) is -1.42. The van der Waals surface area contributed by atoms with Gasteiger partial charge in [-0.2, -0.15) is 0 Å². The number of carbonyl (C=O) groups excluding carboxylic acids is 1. The summed E-state index contributed by atoms with van der Waals surface area (Å²) in [7, 11) is 0. The van der Waals surface area contributed by atoms with Crippen LogP contribution in [-0.4, -0.2) is 27.0 Å². The molecule has 2 aromatic rings. The van der Waals surface area contributed by atoms with Crippen molar-refractivity contribution >= 4 is 23.5 Å². The lowest BCUT2D eigenvalue weighted by Crippen LogP contribution is -2.24. The van der Waals surface area contributed by atoms with Crippen LogP contribution in [0.4, 0.5) is 0 Å². The Balaban J connectivity index is 2.01. The molecule has 20 heavy (non-hydrogen) atoms. The van der Waals surface area contributed by atoms with Gasteiger partial charge in [0.2, 0.25) is 0 Å². The summed E-state index contributed by atoms with van der Waals surface area (Å²) in [5, 5.41) is 11.7. The molecule has 2 N–H and O–H groups in total. The SMILES string of the molecule is O=C(O)c1cccc(CNC(=O)c2cnc(Cl)cn2)c1. The van der Waals surface area contributed by atoms with Crippen molar-refractivity contribution in [3.8, 4) is 0 Å². The number of nitrogens with zero attached hydrogens (tertiary/aromatic N) is 2. The molecule has 0 saturated heterocycles. The van der Waals surface area contributed by atoms with Crippen LogP contribution >= 0.6 is 11.6 Å². The zero-order valence-electron chi connectivity index (χ0n) is 10.2. The highest BCUT2D eigenvalue weighted by atomic mass is 35.5. The summed E-state index contributed by atoms with van der Waals surface area (Å²) in [6.45, 7) is 0.199. The minimum atomic E-state index is -1.01. The number of aromatic nitrogens is 2. The monoisotopic (exact) mass is 291 g/mol. The predicted octanol–water partition coefficient (Wildman–Crippen LogP) is 1.76. The Morgan fingerprint density at radius 2 is 2.05 bits per heavy atom. The Morgan fingerprint density at radius 1 is 1.25 bits per heavy atom. The fourth-order valence-electron chi connectivity index (χ4n) is 1.52. The highest BCUT2D eigenvalue weighted by Crippen LogP contribution is 2.06. The molecule has 1 aromatic carbocycles. The fourth-order valence-corrected chi connectivity index (χ4v) is 1.61. The second-order valence-corrected chi connectivity index (χ2v) is 4.30. The Hall–Kier alpha value is -2.47. The second kappa shape index (κ2) is 6.12. The number of nitrogens with one attached hydrogen (secondary N) is 1.